The summed E-state index contributed by atoms with van der Waals surface area (Å²) in [6, 6.07) is 11.8. The van der Waals surface area contributed by atoms with Gasteiger partial charge in [0, 0.05) is 29.9 Å². The number of hydrogen-bond donors (Lipinski definition) is 1. The average Bonchev–Trinajstić information content (AvgIpc) is 2.94. The Labute approximate surface area is 144 Å². The van der Waals surface area contributed by atoms with Crippen LogP contribution in [0.3, 0.4) is 0 Å². The number of benzene rings is 2. The summed E-state index contributed by atoms with van der Waals surface area (Å²) in [5.41, 5.74) is 1.12. The molecule has 0 atom stereocenters. The summed E-state index contributed by atoms with van der Waals surface area (Å²) in [5.74, 6) is -0.317. The normalized spacial score (nSPS) is 15.8. The van der Waals surface area contributed by atoms with Crippen molar-refractivity contribution in [3.05, 3.63) is 64.2 Å². The van der Waals surface area contributed by atoms with Crippen LogP contribution >= 0.6 is 0 Å². The fourth-order valence-corrected chi connectivity index (χ4v) is 4.16. The average molecular weight is 361 g/mol. The number of sulfonamides is 1. The lowest BCUT2D eigenvalue weighted by atomic mass is 10.2. The van der Waals surface area contributed by atoms with Crippen LogP contribution in [0.25, 0.3) is 0 Å². The van der Waals surface area contributed by atoms with Gasteiger partial charge in [-0.2, -0.15) is 0 Å². The van der Waals surface area contributed by atoms with E-state index in [1.165, 1.54) is 28.6 Å². The number of anilines is 2. The molecular formula is C16H15N3O5S. The van der Waals surface area contributed by atoms with Gasteiger partial charge in [-0.3, -0.25) is 19.2 Å². The van der Waals surface area contributed by atoms with E-state index in [1.807, 2.05) is 0 Å². The number of nitro groups is 1. The lowest BCUT2D eigenvalue weighted by molar-refractivity contribution is -0.384. The summed E-state index contributed by atoms with van der Waals surface area (Å²) >= 11 is 0. The summed E-state index contributed by atoms with van der Waals surface area (Å²) in [7, 11) is -3.29. The van der Waals surface area contributed by atoms with Crippen LogP contribution in [0, 0.1) is 10.1 Å². The Hall–Kier alpha value is -2.94. The van der Waals surface area contributed by atoms with Gasteiger partial charge >= 0.3 is 0 Å². The highest BCUT2D eigenvalue weighted by molar-refractivity contribution is 7.93. The summed E-state index contributed by atoms with van der Waals surface area (Å²) in [4.78, 5) is 22.3. The molecule has 0 aromatic heterocycles. The number of carbonyl (C=O) groups excluding carboxylic acids is 1. The van der Waals surface area contributed by atoms with Crippen LogP contribution in [0.1, 0.15) is 16.8 Å². The van der Waals surface area contributed by atoms with Crippen molar-refractivity contribution in [3.8, 4) is 0 Å². The van der Waals surface area contributed by atoms with Gasteiger partial charge in [0.1, 0.15) is 0 Å². The van der Waals surface area contributed by atoms with E-state index in [0.717, 1.165) is 0 Å². The molecule has 0 radical (unpaired) electrons. The van der Waals surface area contributed by atoms with E-state index in [-0.39, 0.29) is 17.0 Å². The monoisotopic (exact) mass is 361 g/mol. The zero-order chi connectivity index (χ0) is 18.0. The standard InChI is InChI=1S/C16H15N3O5S/c20-16(12-5-7-14(8-6-12)19(21)22)17-13-3-1-4-15(11-13)18-9-2-10-25(18,23)24/h1,3-8,11H,2,9-10H2,(H,17,20). The molecule has 0 bridgehead atoms. The third kappa shape index (κ3) is 3.61. The molecule has 1 heterocycles. The maximum atomic E-state index is 12.2. The van der Waals surface area contributed by atoms with Crippen LogP contribution in [-0.4, -0.2) is 31.5 Å². The Morgan fingerprint density at radius 3 is 2.48 bits per heavy atom. The lowest BCUT2D eigenvalue weighted by Gasteiger charge is -2.17. The van der Waals surface area contributed by atoms with Crippen molar-refractivity contribution in [2.75, 3.05) is 21.9 Å². The third-order valence-corrected chi connectivity index (χ3v) is 5.70. The van der Waals surface area contributed by atoms with E-state index in [0.29, 0.717) is 24.3 Å². The van der Waals surface area contributed by atoms with Crippen LogP contribution < -0.4 is 9.62 Å². The maximum Gasteiger partial charge on any atom is 0.269 e. The first kappa shape index (κ1) is 16.9. The van der Waals surface area contributed by atoms with Crippen LogP contribution in [-0.2, 0) is 10.0 Å². The van der Waals surface area contributed by atoms with E-state index in [4.69, 9.17) is 0 Å². The van der Waals surface area contributed by atoms with Crippen molar-refractivity contribution >= 4 is 33.0 Å². The second kappa shape index (κ2) is 6.52. The van der Waals surface area contributed by atoms with Crippen molar-refractivity contribution in [2.45, 2.75) is 6.42 Å². The van der Waals surface area contributed by atoms with Crippen molar-refractivity contribution in [3.63, 3.8) is 0 Å². The molecule has 1 amide bonds. The predicted octanol–water partition coefficient (Wildman–Crippen LogP) is 2.39. The number of amides is 1. The van der Waals surface area contributed by atoms with Crippen LogP contribution in [0.2, 0.25) is 0 Å². The SMILES string of the molecule is O=C(Nc1cccc(N2CCCS2(=O)=O)c1)c1ccc([N+](=O)[O-])cc1. The molecule has 0 unspecified atom stereocenters. The third-order valence-electron chi connectivity index (χ3n) is 3.83. The minimum Gasteiger partial charge on any atom is -0.322 e. The summed E-state index contributed by atoms with van der Waals surface area (Å²) in [6.07, 6.45) is 0.571. The molecule has 0 spiro atoms. The first-order chi connectivity index (χ1) is 11.9. The molecule has 8 nitrogen and oxygen atoms in total. The molecule has 2 aromatic carbocycles. The molecule has 25 heavy (non-hydrogen) atoms. The van der Waals surface area contributed by atoms with Gasteiger partial charge in [0.25, 0.3) is 11.6 Å². The maximum absolute atomic E-state index is 12.2. The summed E-state index contributed by atoms with van der Waals surface area (Å²) in [6.45, 7) is 0.419. The van der Waals surface area contributed by atoms with Gasteiger partial charge in [-0.05, 0) is 36.8 Å². The Bertz CT molecular complexity index is 925. The first-order valence-corrected chi connectivity index (χ1v) is 9.14. The molecule has 0 saturated carbocycles. The molecule has 1 aliphatic heterocycles. The highest BCUT2D eigenvalue weighted by atomic mass is 32.2. The molecule has 1 saturated heterocycles. The zero-order valence-electron chi connectivity index (χ0n) is 13.1. The molecule has 1 N–H and O–H groups in total. The molecule has 0 aliphatic carbocycles. The van der Waals surface area contributed by atoms with Crippen molar-refractivity contribution in [2.24, 2.45) is 0 Å². The Morgan fingerprint density at radius 2 is 1.88 bits per heavy atom. The van der Waals surface area contributed by atoms with Crippen molar-refractivity contribution in [1.29, 1.82) is 0 Å². The smallest absolute Gasteiger partial charge is 0.269 e. The van der Waals surface area contributed by atoms with Crippen molar-refractivity contribution < 1.29 is 18.1 Å². The highest BCUT2D eigenvalue weighted by Gasteiger charge is 2.28. The van der Waals surface area contributed by atoms with Gasteiger partial charge in [0.05, 0.1) is 16.4 Å². The lowest BCUT2D eigenvalue weighted by Crippen LogP contribution is -2.25. The molecule has 130 valence electrons. The minimum absolute atomic E-state index is 0.0993. The number of rotatable bonds is 4. The van der Waals surface area contributed by atoms with Crippen LogP contribution in [0.15, 0.2) is 48.5 Å². The molecule has 2 aromatic rings. The first-order valence-electron chi connectivity index (χ1n) is 7.53. The van der Waals surface area contributed by atoms with Crippen molar-refractivity contribution in [1.82, 2.24) is 0 Å². The minimum atomic E-state index is -3.29. The van der Waals surface area contributed by atoms with Gasteiger partial charge in [0.15, 0.2) is 0 Å². The number of non-ortho nitro benzene ring substituents is 1. The highest BCUT2D eigenvalue weighted by Crippen LogP contribution is 2.26. The molecule has 9 heteroatoms. The fraction of sp³-hybridized carbons (Fsp3) is 0.188. The number of nitro benzene ring substituents is 1. The summed E-state index contributed by atoms with van der Waals surface area (Å²) < 4.78 is 25.3. The fourth-order valence-electron chi connectivity index (χ4n) is 2.61. The van der Waals surface area contributed by atoms with Crippen LogP contribution in [0.4, 0.5) is 17.1 Å². The van der Waals surface area contributed by atoms with E-state index >= 15 is 0 Å². The number of carbonyl (C=O) groups is 1. The van der Waals surface area contributed by atoms with E-state index in [9.17, 15) is 23.3 Å². The van der Waals surface area contributed by atoms with Gasteiger partial charge in [-0.25, -0.2) is 8.42 Å². The van der Waals surface area contributed by atoms with Gasteiger partial charge in [-0.15, -0.1) is 0 Å². The van der Waals surface area contributed by atoms with Gasteiger partial charge in [-0.1, -0.05) is 6.07 Å². The van der Waals surface area contributed by atoms with E-state index < -0.39 is 20.9 Å². The predicted molar refractivity (Wildman–Crippen MR) is 93.2 cm³/mol. The molecule has 1 fully saturated rings. The Balaban J connectivity index is 1.78. The van der Waals surface area contributed by atoms with Gasteiger partial charge in [0.2, 0.25) is 10.0 Å². The zero-order valence-corrected chi connectivity index (χ0v) is 13.9. The van der Waals surface area contributed by atoms with Crippen LogP contribution in [0.5, 0.6) is 0 Å². The molecule has 1 aliphatic rings. The molecular weight excluding hydrogens is 346 g/mol. The second-order valence-electron chi connectivity index (χ2n) is 5.55. The Kier molecular flexibility index (Phi) is 4.41. The topological polar surface area (TPSA) is 110 Å². The van der Waals surface area contributed by atoms with Gasteiger partial charge < -0.3 is 5.32 Å². The summed E-state index contributed by atoms with van der Waals surface area (Å²) in [5, 5.41) is 13.3. The second-order valence-corrected chi connectivity index (χ2v) is 7.56. The largest absolute Gasteiger partial charge is 0.322 e. The number of hydrogen-bond acceptors (Lipinski definition) is 5. The van der Waals surface area contributed by atoms with E-state index in [2.05, 4.69) is 5.32 Å². The molecule has 3 rings (SSSR count). The number of nitrogens with one attached hydrogen (secondary N) is 1. The van der Waals surface area contributed by atoms with E-state index in [1.54, 1.807) is 24.3 Å². The Morgan fingerprint density at radius 1 is 1.16 bits per heavy atom. The number of nitrogens with zero attached hydrogens (tertiary/aromatic N) is 2. The quantitative estimate of drug-likeness (QED) is 0.664.